The first-order chi connectivity index (χ1) is 15.7. The molecule has 0 radical (unpaired) electrons. The predicted octanol–water partition coefficient (Wildman–Crippen LogP) is 4.91. The van der Waals surface area contributed by atoms with Gasteiger partial charge in [-0.15, -0.1) is 11.3 Å². The van der Waals surface area contributed by atoms with E-state index in [-0.39, 0.29) is 21.9 Å². The van der Waals surface area contributed by atoms with Gasteiger partial charge in [-0.1, -0.05) is 42.5 Å². The molecular formula is C25H29N5OS. The molecule has 0 spiro atoms. The molecule has 0 aliphatic carbocycles. The summed E-state index contributed by atoms with van der Waals surface area (Å²) in [6.07, 6.45) is 1.70. The van der Waals surface area contributed by atoms with Crippen molar-refractivity contribution in [1.29, 1.82) is 0 Å². The van der Waals surface area contributed by atoms with Crippen molar-refractivity contribution in [1.82, 2.24) is 15.3 Å². The minimum atomic E-state index is -0.218. The standard InChI is InChI=1S/C25H23N5OS.3H2/c26-25-19(14-18(15-28-25)22-9-5-13-32-22)24(31)20-8-4-10-23(29-20)30-12-11-27-21(16-30)17-6-2-1-3-7-17;;;/h1-10,13-15,21,27H,11-12,16H2,(H2,26,28);3*1H. The van der Waals surface area contributed by atoms with Gasteiger partial charge in [0, 0.05) is 46.6 Å². The average Bonchev–Trinajstić information content (AvgIpc) is 3.40. The van der Waals surface area contributed by atoms with E-state index < -0.39 is 0 Å². The Kier molecular flexibility index (Phi) is 5.66. The van der Waals surface area contributed by atoms with Crippen LogP contribution in [0.3, 0.4) is 0 Å². The number of hydrogen-bond acceptors (Lipinski definition) is 7. The third-order valence-electron chi connectivity index (χ3n) is 5.64. The Morgan fingerprint density at radius 1 is 1.12 bits per heavy atom. The summed E-state index contributed by atoms with van der Waals surface area (Å²) in [6, 6.07) is 21.9. The van der Waals surface area contributed by atoms with Crippen molar-refractivity contribution >= 4 is 28.8 Å². The molecule has 3 N–H and O–H groups in total. The number of nitrogens with one attached hydrogen (secondary N) is 1. The molecule has 5 rings (SSSR count). The van der Waals surface area contributed by atoms with Crippen LogP contribution in [0.1, 0.15) is 31.9 Å². The van der Waals surface area contributed by atoms with Gasteiger partial charge in [-0.05, 0) is 35.2 Å². The second kappa shape index (κ2) is 8.90. The summed E-state index contributed by atoms with van der Waals surface area (Å²) < 4.78 is 0. The maximum absolute atomic E-state index is 13.3. The quantitative estimate of drug-likeness (QED) is 0.423. The van der Waals surface area contributed by atoms with Crippen LogP contribution in [0.2, 0.25) is 0 Å². The number of rotatable bonds is 5. The van der Waals surface area contributed by atoms with Crippen LogP contribution in [0.5, 0.6) is 0 Å². The molecule has 3 aromatic heterocycles. The van der Waals surface area contributed by atoms with Gasteiger partial charge in [0.25, 0.3) is 0 Å². The number of aromatic nitrogens is 2. The third-order valence-corrected chi connectivity index (χ3v) is 6.56. The van der Waals surface area contributed by atoms with E-state index in [2.05, 4.69) is 39.5 Å². The molecule has 7 heteroatoms. The van der Waals surface area contributed by atoms with Crippen molar-refractivity contribution in [2.45, 2.75) is 6.04 Å². The second-order valence-electron chi connectivity index (χ2n) is 7.71. The van der Waals surface area contributed by atoms with Crippen molar-refractivity contribution in [3.05, 3.63) is 95.1 Å². The number of anilines is 2. The summed E-state index contributed by atoms with van der Waals surface area (Å²) >= 11 is 1.60. The molecule has 0 saturated carbocycles. The Labute approximate surface area is 195 Å². The van der Waals surface area contributed by atoms with Crippen LogP contribution in [0, 0.1) is 0 Å². The molecule has 1 atom stereocenters. The number of carbonyl (C=O) groups excluding carboxylic acids is 1. The Morgan fingerprint density at radius 2 is 2.00 bits per heavy atom. The molecule has 6 nitrogen and oxygen atoms in total. The molecule has 0 bridgehead atoms. The summed E-state index contributed by atoms with van der Waals surface area (Å²) in [5.41, 5.74) is 8.94. The lowest BCUT2D eigenvalue weighted by Crippen LogP contribution is -2.46. The lowest BCUT2D eigenvalue weighted by molar-refractivity contribution is 0.103. The van der Waals surface area contributed by atoms with Crippen LogP contribution < -0.4 is 16.0 Å². The highest BCUT2D eigenvalue weighted by Crippen LogP contribution is 2.28. The fraction of sp³-hybridized carbons (Fsp3) is 0.160. The molecule has 1 aliphatic heterocycles. The molecule has 1 aromatic carbocycles. The monoisotopic (exact) mass is 447 g/mol. The third kappa shape index (κ3) is 4.12. The lowest BCUT2D eigenvalue weighted by Gasteiger charge is -2.35. The number of benzene rings is 1. The molecule has 4 heterocycles. The number of nitrogens with zero attached hydrogens (tertiary/aromatic N) is 3. The number of hydrogen-bond donors (Lipinski definition) is 2. The van der Waals surface area contributed by atoms with Crippen molar-refractivity contribution in [3.63, 3.8) is 0 Å². The van der Waals surface area contributed by atoms with E-state index in [1.165, 1.54) is 5.56 Å². The molecule has 166 valence electrons. The Bertz CT molecular complexity index is 1240. The molecule has 1 aliphatic rings. The number of nitrogen functional groups attached to an aromatic ring is 1. The van der Waals surface area contributed by atoms with Crippen LogP contribution >= 0.6 is 11.3 Å². The van der Waals surface area contributed by atoms with Crippen LogP contribution in [0.4, 0.5) is 11.6 Å². The highest BCUT2D eigenvalue weighted by molar-refractivity contribution is 7.13. The first-order valence-corrected chi connectivity index (χ1v) is 11.4. The van der Waals surface area contributed by atoms with Gasteiger partial charge in [0.05, 0.1) is 5.56 Å². The number of thiophene rings is 1. The largest absolute Gasteiger partial charge is 0.383 e. The molecule has 0 amide bonds. The lowest BCUT2D eigenvalue weighted by atomic mass is 10.0. The van der Waals surface area contributed by atoms with E-state index in [0.29, 0.717) is 11.3 Å². The summed E-state index contributed by atoms with van der Waals surface area (Å²) in [5, 5.41) is 5.56. The zero-order chi connectivity index (χ0) is 21.9. The van der Waals surface area contributed by atoms with E-state index >= 15 is 0 Å². The zero-order valence-corrected chi connectivity index (χ0v) is 18.3. The van der Waals surface area contributed by atoms with Crippen molar-refractivity contribution in [3.8, 4) is 10.4 Å². The minimum absolute atomic E-state index is 0. The van der Waals surface area contributed by atoms with Gasteiger partial charge < -0.3 is 16.0 Å². The van der Waals surface area contributed by atoms with Gasteiger partial charge in [-0.2, -0.15) is 0 Å². The Hall–Kier alpha value is -3.55. The fourth-order valence-electron chi connectivity index (χ4n) is 3.97. The molecule has 1 unspecified atom stereocenters. The van der Waals surface area contributed by atoms with Gasteiger partial charge in [-0.3, -0.25) is 4.79 Å². The van der Waals surface area contributed by atoms with Crippen LogP contribution in [0.25, 0.3) is 10.4 Å². The molecule has 4 aromatic rings. The molecule has 32 heavy (non-hydrogen) atoms. The van der Waals surface area contributed by atoms with Gasteiger partial charge in [0.2, 0.25) is 5.78 Å². The number of piperazine rings is 1. The van der Waals surface area contributed by atoms with Crippen LogP contribution in [0.15, 0.2) is 78.3 Å². The van der Waals surface area contributed by atoms with E-state index in [4.69, 9.17) is 10.7 Å². The number of ketones is 1. The van der Waals surface area contributed by atoms with E-state index in [1.54, 1.807) is 29.7 Å². The SMILES string of the molecule is Nc1ncc(-c2cccs2)cc1C(=O)c1cccc(N2CCNC(c3ccccc3)C2)n1.[HH].[HH].[HH]. The molecular weight excluding hydrogens is 418 g/mol. The Morgan fingerprint density at radius 3 is 2.81 bits per heavy atom. The first-order valence-electron chi connectivity index (χ1n) is 10.5. The van der Waals surface area contributed by atoms with Gasteiger partial charge in [0.15, 0.2) is 0 Å². The number of pyridine rings is 2. The molecule has 1 fully saturated rings. The molecule has 1 saturated heterocycles. The van der Waals surface area contributed by atoms with E-state index in [0.717, 1.165) is 35.9 Å². The van der Waals surface area contributed by atoms with Gasteiger partial charge in [-0.25, -0.2) is 9.97 Å². The normalized spacial score (nSPS) is 16.1. The van der Waals surface area contributed by atoms with Crippen molar-refractivity contribution in [2.24, 2.45) is 0 Å². The number of nitrogens with two attached hydrogens (primary N) is 1. The minimum Gasteiger partial charge on any atom is -0.383 e. The fourth-order valence-corrected chi connectivity index (χ4v) is 4.67. The Balaban J connectivity index is 0.00000144. The number of carbonyl (C=O) groups is 1. The van der Waals surface area contributed by atoms with Gasteiger partial charge in [0.1, 0.15) is 17.3 Å². The maximum atomic E-state index is 13.3. The van der Waals surface area contributed by atoms with Gasteiger partial charge >= 0.3 is 0 Å². The summed E-state index contributed by atoms with van der Waals surface area (Å²) in [4.78, 5) is 25.5. The van der Waals surface area contributed by atoms with E-state index in [1.807, 2.05) is 35.7 Å². The predicted molar refractivity (Wildman–Crippen MR) is 135 cm³/mol. The summed E-state index contributed by atoms with van der Waals surface area (Å²) in [5.74, 6) is 0.790. The average molecular weight is 448 g/mol. The first kappa shape index (κ1) is 20.4. The highest BCUT2D eigenvalue weighted by atomic mass is 32.1. The van der Waals surface area contributed by atoms with Crippen molar-refractivity contribution in [2.75, 3.05) is 30.3 Å². The second-order valence-corrected chi connectivity index (χ2v) is 8.66. The maximum Gasteiger partial charge on any atom is 0.215 e. The van der Waals surface area contributed by atoms with E-state index in [9.17, 15) is 4.79 Å². The smallest absolute Gasteiger partial charge is 0.215 e. The highest BCUT2D eigenvalue weighted by Gasteiger charge is 2.23. The van der Waals surface area contributed by atoms with Crippen molar-refractivity contribution < 1.29 is 9.07 Å². The summed E-state index contributed by atoms with van der Waals surface area (Å²) in [6.45, 7) is 2.46. The summed E-state index contributed by atoms with van der Waals surface area (Å²) in [7, 11) is 0. The topological polar surface area (TPSA) is 84.1 Å². The van der Waals surface area contributed by atoms with Crippen LogP contribution in [-0.4, -0.2) is 35.4 Å². The van der Waals surface area contributed by atoms with Crippen LogP contribution in [-0.2, 0) is 0 Å². The zero-order valence-electron chi connectivity index (χ0n) is 17.4.